The number of allylic oxidation sites excluding steroid dienone is 1. The maximum atomic E-state index is 5.40. The van der Waals surface area contributed by atoms with E-state index in [9.17, 15) is 0 Å². The lowest BCUT2D eigenvalue weighted by molar-refractivity contribution is 0.149. The molecule has 0 unspecified atom stereocenters. The fraction of sp³-hybridized carbons (Fsp3) is 0.750. The Morgan fingerprint density at radius 3 is 2.08 bits per heavy atom. The van der Waals surface area contributed by atoms with Crippen molar-refractivity contribution in [1.82, 2.24) is 0 Å². The maximum Gasteiger partial charge on any atom is 0.200 e. The fourth-order valence-electron chi connectivity index (χ4n) is 0.731. The summed E-state index contributed by atoms with van der Waals surface area (Å²) in [6.45, 7) is 5.87. The zero-order valence-electron chi connectivity index (χ0n) is 8.33. The lowest BCUT2D eigenvalue weighted by Crippen LogP contribution is -1.99. The second-order valence-electron chi connectivity index (χ2n) is 2.56. The highest BCUT2D eigenvalue weighted by atomic mass is 31.2. The molecule has 0 aliphatic rings. The monoisotopic (exact) mass is 192 g/mol. The Kier molecular flexibility index (Phi) is 6.35. The van der Waals surface area contributed by atoms with E-state index in [0.717, 1.165) is 5.76 Å². The summed E-state index contributed by atoms with van der Waals surface area (Å²) in [5.74, 6) is 2.70. The first-order valence-electron chi connectivity index (χ1n) is 3.82. The van der Waals surface area contributed by atoms with Crippen molar-refractivity contribution in [1.29, 1.82) is 0 Å². The molecule has 0 N–H and O–H groups in total. The van der Waals surface area contributed by atoms with Gasteiger partial charge in [-0.05, 0) is 20.8 Å². The van der Waals surface area contributed by atoms with Gasteiger partial charge in [-0.15, -0.1) is 0 Å². The Balaban J connectivity index is 3.94. The summed E-state index contributed by atoms with van der Waals surface area (Å²) in [5.41, 5.74) is 0. The molecule has 0 saturated carbocycles. The normalized spacial score (nSPS) is 12.8. The molecule has 4 heteroatoms. The molecule has 0 spiro atoms. The molecule has 0 aromatic carbocycles. The molecule has 0 aromatic rings. The van der Waals surface area contributed by atoms with Crippen molar-refractivity contribution in [2.75, 3.05) is 14.2 Å². The van der Waals surface area contributed by atoms with Crippen LogP contribution >= 0.6 is 8.38 Å². The molecule has 0 rings (SSSR count). The van der Waals surface area contributed by atoms with Crippen LogP contribution in [-0.2, 0) is 13.8 Å². The van der Waals surface area contributed by atoms with Crippen molar-refractivity contribution in [3.05, 3.63) is 11.6 Å². The van der Waals surface area contributed by atoms with Crippen LogP contribution in [-0.4, -0.2) is 20.3 Å². The van der Waals surface area contributed by atoms with Crippen molar-refractivity contribution in [2.24, 2.45) is 0 Å². The van der Waals surface area contributed by atoms with Gasteiger partial charge in [0.15, 0.2) is 8.38 Å². The van der Waals surface area contributed by atoms with E-state index in [1.54, 1.807) is 14.2 Å². The molecule has 12 heavy (non-hydrogen) atoms. The van der Waals surface area contributed by atoms with Crippen molar-refractivity contribution in [2.45, 2.75) is 26.9 Å². The van der Waals surface area contributed by atoms with E-state index >= 15 is 0 Å². The van der Waals surface area contributed by atoms with Crippen molar-refractivity contribution in [3.8, 4) is 0 Å². The highest BCUT2D eigenvalue weighted by Gasteiger charge is 2.03. The van der Waals surface area contributed by atoms with Gasteiger partial charge < -0.3 is 13.8 Å². The van der Waals surface area contributed by atoms with Crippen molar-refractivity contribution in [3.63, 3.8) is 0 Å². The van der Waals surface area contributed by atoms with Crippen LogP contribution in [0.25, 0.3) is 0 Å². The van der Waals surface area contributed by atoms with Gasteiger partial charge in [0.05, 0.1) is 11.9 Å². The predicted molar refractivity (Wildman–Crippen MR) is 50.9 cm³/mol. The number of hydrogen-bond donors (Lipinski definition) is 0. The molecule has 0 aliphatic heterocycles. The van der Waals surface area contributed by atoms with E-state index in [-0.39, 0.29) is 6.10 Å². The van der Waals surface area contributed by atoms with Crippen LogP contribution in [0.1, 0.15) is 20.8 Å². The smallest absolute Gasteiger partial charge is 0.200 e. The van der Waals surface area contributed by atoms with Crippen LogP contribution in [0.15, 0.2) is 11.6 Å². The summed E-state index contributed by atoms with van der Waals surface area (Å²) in [4.78, 5) is 0. The molecule has 0 aliphatic carbocycles. The number of hydrogen-bond acceptors (Lipinski definition) is 3. The Hall–Kier alpha value is -0.110. The number of ether oxygens (including phenoxy) is 1. The van der Waals surface area contributed by atoms with Crippen molar-refractivity contribution < 1.29 is 13.8 Å². The van der Waals surface area contributed by atoms with Gasteiger partial charge in [-0.1, -0.05) is 0 Å². The van der Waals surface area contributed by atoms with Gasteiger partial charge in [-0.25, -0.2) is 0 Å². The zero-order valence-corrected chi connectivity index (χ0v) is 9.22. The quantitative estimate of drug-likeness (QED) is 0.495. The first kappa shape index (κ1) is 11.9. The summed E-state index contributed by atoms with van der Waals surface area (Å²) in [6.07, 6.45) is 0.201. The van der Waals surface area contributed by atoms with Crippen LogP contribution in [0, 0.1) is 0 Å². The molecular formula is C8H17O3P. The van der Waals surface area contributed by atoms with E-state index in [4.69, 9.17) is 13.8 Å². The zero-order chi connectivity index (χ0) is 9.56. The third-order valence-corrected chi connectivity index (χ3v) is 2.36. The van der Waals surface area contributed by atoms with E-state index in [2.05, 4.69) is 0 Å². The van der Waals surface area contributed by atoms with E-state index in [1.165, 1.54) is 0 Å². The fourth-order valence-corrected chi connectivity index (χ4v) is 1.45. The van der Waals surface area contributed by atoms with Crippen molar-refractivity contribution >= 4 is 8.38 Å². The van der Waals surface area contributed by atoms with Gasteiger partial charge in [0, 0.05) is 20.0 Å². The van der Waals surface area contributed by atoms with Crippen LogP contribution < -0.4 is 0 Å². The van der Waals surface area contributed by atoms with E-state index in [1.807, 2.05) is 26.6 Å². The summed E-state index contributed by atoms with van der Waals surface area (Å²) >= 11 is 0. The highest BCUT2D eigenvalue weighted by Crippen LogP contribution is 2.38. The second kappa shape index (κ2) is 6.41. The lowest BCUT2D eigenvalue weighted by atomic mass is 10.5. The molecular weight excluding hydrogens is 175 g/mol. The van der Waals surface area contributed by atoms with Crippen LogP contribution in [0.2, 0.25) is 0 Å². The van der Waals surface area contributed by atoms with Gasteiger partial charge in [0.2, 0.25) is 0 Å². The summed E-state index contributed by atoms with van der Waals surface area (Å²) < 4.78 is 15.5. The molecule has 0 heterocycles. The summed E-state index contributed by atoms with van der Waals surface area (Å²) in [6, 6.07) is 0. The SMILES string of the molecule is COP(/C=C(\C)OC(C)C)OC. The Morgan fingerprint density at radius 1 is 1.25 bits per heavy atom. The standard InChI is InChI=1S/C8H17O3P/c1-7(2)11-8(3)6-12(9-4)10-5/h6-7H,1-5H3/b8-6+. The molecule has 72 valence electrons. The molecule has 0 saturated heterocycles. The Bertz CT molecular complexity index is 141. The van der Waals surface area contributed by atoms with E-state index < -0.39 is 8.38 Å². The summed E-state index contributed by atoms with van der Waals surface area (Å²) in [5, 5.41) is 0. The highest BCUT2D eigenvalue weighted by molar-refractivity contribution is 7.50. The second-order valence-corrected chi connectivity index (χ2v) is 4.12. The minimum Gasteiger partial charge on any atom is -0.495 e. The first-order valence-corrected chi connectivity index (χ1v) is 5.07. The summed E-state index contributed by atoms with van der Waals surface area (Å²) in [7, 11) is 2.33. The van der Waals surface area contributed by atoms with Crippen LogP contribution in [0.4, 0.5) is 0 Å². The molecule has 3 nitrogen and oxygen atoms in total. The molecule has 0 bridgehead atoms. The topological polar surface area (TPSA) is 27.7 Å². The first-order chi connectivity index (χ1) is 5.60. The molecule has 0 fully saturated rings. The third-order valence-electron chi connectivity index (χ3n) is 1.07. The maximum absolute atomic E-state index is 5.40. The van der Waals surface area contributed by atoms with Gasteiger partial charge in [0.1, 0.15) is 0 Å². The molecule has 0 atom stereocenters. The third kappa shape index (κ3) is 5.53. The largest absolute Gasteiger partial charge is 0.495 e. The molecule has 0 radical (unpaired) electrons. The minimum absolute atomic E-state index is 0.201. The van der Waals surface area contributed by atoms with Gasteiger partial charge >= 0.3 is 0 Å². The van der Waals surface area contributed by atoms with Gasteiger partial charge in [-0.2, -0.15) is 0 Å². The van der Waals surface area contributed by atoms with Crippen LogP contribution in [0.5, 0.6) is 0 Å². The molecule has 0 aromatic heterocycles. The average molecular weight is 192 g/mol. The van der Waals surface area contributed by atoms with Crippen LogP contribution in [0.3, 0.4) is 0 Å². The number of rotatable bonds is 5. The minimum atomic E-state index is -0.913. The van der Waals surface area contributed by atoms with Gasteiger partial charge in [0.25, 0.3) is 0 Å². The molecule has 0 amide bonds. The lowest BCUT2D eigenvalue weighted by Gasteiger charge is -2.12. The average Bonchev–Trinajstić information content (AvgIpc) is 1.98. The van der Waals surface area contributed by atoms with E-state index in [0.29, 0.717) is 0 Å². The predicted octanol–water partition coefficient (Wildman–Crippen LogP) is 2.88. The Morgan fingerprint density at radius 2 is 1.75 bits per heavy atom. The van der Waals surface area contributed by atoms with Gasteiger partial charge in [-0.3, -0.25) is 0 Å². The Labute approximate surface area is 75.6 Å².